The van der Waals surface area contributed by atoms with E-state index >= 15 is 0 Å². The number of alkyl halides is 2. The number of ether oxygens (including phenoxy) is 1. The molecule has 2 aromatic carbocycles. The maximum absolute atomic E-state index is 12.4. The van der Waals surface area contributed by atoms with E-state index in [2.05, 4.69) is 10.1 Å². The molecule has 26 heavy (non-hydrogen) atoms. The van der Waals surface area contributed by atoms with Crippen molar-refractivity contribution < 1.29 is 18.3 Å². The molecule has 0 spiro atoms. The zero-order valence-corrected chi connectivity index (χ0v) is 15.7. The van der Waals surface area contributed by atoms with Crippen LogP contribution in [-0.4, -0.2) is 30.5 Å². The molecule has 0 aliphatic heterocycles. The van der Waals surface area contributed by atoms with Crippen molar-refractivity contribution in [1.82, 2.24) is 4.90 Å². The topological polar surface area (TPSA) is 41.6 Å². The predicted molar refractivity (Wildman–Crippen MR) is 99.1 cm³/mol. The number of nitrogens with one attached hydrogen (secondary N) is 1. The van der Waals surface area contributed by atoms with Crippen molar-refractivity contribution in [2.45, 2.75) is 26.1 Å². The Kier molecular flexibility index (Phi) is 7.20. The second kappa shape index (κ2) is 9.16. The summed E-state index contributed by atoms with van der Waals surface area (Å²) in [7, 11) is 1.79. The van der Waals surface area contributed by atoms with Gasteiger partial charge < -0.3 is 10.1 Å². The van der Waals surface area contributed by atoms with Crippen molar-refractivity contribution >= 4 is 34.8 Å². The molecule has 2 aromatic rings. The first kappa shape index (κ1) is 20.4. The average Bonchev–Trinajstić information content (AvgIpc) is 2.58. The molecule has 1 amide bonds. The van der Waals surface area contributed by atoms with E-state index in [1.54, 1.807) is 44.3 Å². The molecule has 140 valence electrons. The van der Waals surface area contributed by atoms with Gasteiger partial charge >= 0.3 is 6.61 Å². The highest BCUT2D eigenvalue weighted by molar-refractivity contribution is 6.35. The number of amides is 1. The largest absolute Gasteiger partial charge is 0.435 e. The summed E-state index contributed by atoms with van der Waals surface area (Å²) in [5, 5.41) is 3.61. The predicted octanol–water partition coefficient (Wildman–Crippen LogP) is 5.05. The summed E-state index contributed by atoms with van der Waals surface area (Å²) < 4.78 is 28.6. The Morgan fingerprint density at radius 2 is 1.85 bits per heavy atom. The van der Waals surface area contributed by atoms with Gasteiger partial charge in [0.2, 0.25) is 5.91 Å². The third-order valence-corrected chi connectivity index (χ3v) is 4.37. The van der Waals surface area contributed by atoms with E-state index in [9.17, 15) is 13.6 Å². The molecule has 0 bridgehead atoms. The van der Waals surface area contributed by atoms with Gasteiger partial charge in [0.05, 0.1) is 16.8 Å². The molecule has 0 fully saturated rings. The molecule has 4 nitrogen and oxygen atoms in total. The van der Waals surface area contributed by atoms with E-state index in [0.29, 0.717) is 22.3 Å². The molecule has 0 heterocycles. The molecule has 8 heteroatoms. The normalized spacial score (nSPS) is 12.3. The fraction of sp³-hybridized carbons (Fsp3) is 0.278. The average molecular weight is 403 g/mol. The zero-order valence-electron chi connectivity index (χ0n) is 14.2. The standard InChI is InChI=1S/C18H18Cl2F2N2O2/c1-11(17(25)23-16-9-13(19)5-8-15(16)20)24(2)10-12-3-6-14(7-4-12)26-18(21)22/h3-9,11,18H,10H2,1-2H3,(H,23,25). The summed E-state index contributed by atoms with van der Waals surface area (Å²) in [6, 6.07) is 10.6. The first-order chi connectivity index (χ1) is 12.3. The number of rotatable bonds is 7. The highest BCUT2D eigenvalue weighted by Crippen LogP contribution is 2.25. The minimum absolute atomic E-state index is 0.0905. The van der Waals surface area contributed by atoms with Crippen LogP contribution in [0.5, 0.6) is 5.75 Å². The van der Waals surface area contributed by atoms with Crippen molar-refractivity contribution in [2.75, 3.05) is 12.4 Å². The summed E-state index contributed by atoms with van der Waals surface area (Å²) >= 11 is 12.0. The van der Waals surface area contributed by atoms with Gasteiger partial charge in [0, 0.05) is 11.6 Å². The molecule has 1 atom stereocenters. The maximum Gasteiger partial charge on any atom is 0.387 e. The van der Waals surface area contributed by atoms with Gasteiger partial charge in [0.25, 0.3) is 0 Å². The lowest BCUT2D eigenvalue weighted by Gasteiger charge is -2.24. The van der Waals surface area contributed by atoms with Crippen molar-refractivity contribution in [3.05, 3.63) is 58.1 Å². The van der Waals surface area contributed by atoms with Crippen LogP contribution >= 0.6 is 23.2 Å². The van der Waals surface area contributed by atoms with Crippen LogP contribution in [0.4, 0.5) is 14.5 Å². The number of hydrogen-bond donors (Lipinski definition) is 1. The summed E-state index contributed by atoms with van der Waals surface area (Å²) in [5.41, 5.74) is 1.30. The van der Waals surface area contributed by atoms with Crippen LogP contribution in [0.3, 0.4) is 0 Å². The molecular formula is C18H18Cl2F2N2O2. The number of halogens is 4. The van der Waals surface area contributed by atoms with E-state index in [1.807, 2.05) is 4.90 Å². The molecule has 0 aliphatic carbocycles. The van der Waals surface area contributed by atoms with Gasteiger partial charge in [-0.25, -0.2) is 0 Å². The molecule has 1 N–H and O–H groups in total. The van der Waals surface area contributed by atoms with Crippen LogP contribution in [0.1, 0.15) is 12.5 Å². The number of likely N-dealkylation sites (N-methyl/N-ethyl adjacent to an activating group) is 1. The van der Waals surface area contributed by atoms with Crippen LogP contribution < -0.4 is 10.1 Å². The molecule has 0 aliphatic rings. The van der Waals surface area contributed by atoms with Gasteiger partial charge in [-0.15, -0.1) is 0 Å². The number of benzene rings is 2. The van der Waals surface area contributed by atoms with Crippen molar-refractivity contribution in [1.29, 1.82) is 0 Å². The lowest BCUT2D eigenvalue weighted by Crippen LogP contribution is -2.39. The van der Waals surface area contributed by atoms with E-state index in [0.717, 1.165) is 5.56 Å². The Morgan fingerprint density at radius 3 is 2.46 bits per heavy atom. The Balaban J connectivity index is 1.96. The second-order valence-corrected chi connectivity index (χ2v) is 6.57. The zero-order chi connectivity index (χ0) is 19.3. The van der Waals surface area contributed by atoms with E-state index < -0.39 is 12.7 Å². The number of carbonyl (C=O) groups excluding carboxylic acids is 1. The Hall–Kier alpha value is -1.89. The van der Waals surface area contributed by atoms with Gasteiger partial charge in [0.1, 0.15) is 5.75 Å². The minimum atomic E-state index is -2.86. The minimum Gasteiger partial charge on any atom is -0.435 e. The highest BCUT2D eigenvalue weighted by Gasteiger charge is 2.19. The summed E-state index contributed by atoms with van der Waals surface area (Å²) in [6.45, 7) is -0.653. The fourth-order valence-electron chi connectivity index (χ4n) is 2.23. The van der Waals surface area contributed by atoms with Crippen molar-refractivity contribution in [3.8, 4) is 5.75 Å². The number of hydrogen-bond acceptors (Lipinski definition) is 3. The van der Waals surface area contributed by atoms with E-state index in [-0.39, 0.29) is 11.7 Å². The quantitative estimate of drug-likeness (QED) is 0.703. The second-order valence-electron chi connectivity index (χ2n) is 5.73. The van der Waals surface area contributed by atoms with Crippen LogP contribution in [-0.2, 0) is 11.3 Å². The van der Waals surface area contributed by atoms with Crippen LogP contribution in [0.15, 0.2) is 42.5 Å². The molecule has 0 radical (unpaired) electrons. The Morgan fingerprint density at radius 1 is 1.19 bits per heavy atom. The molecular weight excluding hydrogens is 385 g/mol. The lowest BCUT2D eigenvalue weighted by molar-refractivity contribution is -0.120. The van der Waals surface area contributed by atoms with Gasteiger partial charge in [-0.05, 0) is 49.9 Å². The van der Waals surface area contributed by atoms with E-state index in [4.69, 9.17) is 23.2 Å². The van der Waals surface area contributed by atoms with E-state index in [1.165, 1.54) is 12.1 Å². The molecule has 0 saturated heterocycles. The molecule has 1 unspecified atom stereocenters. The fourth-order valence-corrected chi connectivity index (χ4v) is 2.57. The molecule has 2 rings (SSSR count). The third kappa shape index (κ3) is 5.83. The summed E-state index contributed by atoms with van der Waals surface area (Å²) in [6.07, 6.45) is 0. The summed E-state index contributed by atoms with van der Waals surface area (Å²) in [4.78, 5) is 14.2. The van der Waals surface area contributed by atoms with Gasteiger partial charge in [-0.2, -0.15) is 8.78 Å². The van der Waals surface area contributed by atoms with Gasteiger partial charge in [0.15, 0.2) is 0 Å². The smallest absolute Gasteiger partial charge is 0.387 e. The Bertz CT molecular complexity index is 757. The van der Waals surface area contributed by atoms with Crippen LogP contribution in [0.25, 0.3) is 0 Å². The van der Waals surface area contributed by atoms with Gasteiger partial charge in [-0.3, -0.25) is 9.69 Å². The van der Waals surface area contributed by atoms with Crippen LogP contribution in [0.2, 0.25) is 10.0 Å². The SMILES string of the molecule is CC(C(=O)Nc1cc(Cl)ccc1Cl)N(C)Cc1ccc(OC(F)F)cc1. The number of nitrogens with zero attached hydrogens (tertiary/aromatic N) is 1. The first-order valence-corrected chi connectivity index (χ1v) is 8.51. The van der Waals surface area contributed by atoms with Crippen LogP contribution in [0, 0.1) is 0 Å². The summed E-state index contributed by atoms with van der Waals surface area (Å²) in [5.74, 6) is -0.151. The monoisotopic (exact) mass is 402 g/mol. The number of anilines is 1. The van der Waals surface area contributed by atoms with Crippen molar-refractivity contribution in [2.24, 2.45) is 0 Å². The third-order valence-electron chi connectivity index (χ3n) is 3.81. The number of carbonyl (C=O) groups is 1. The lowest BCUT2D eigenvalue weighted by atomic mass is 10.1. The van der Waals surface area contributed by atoms with Crippen molar-refractivity contribution in [3.63, 3.8) is 0 Å². The Labute approximate surface area is 160 Å². The molecule has 0 saturated carbocycles. The first-order valence-electron chi connectivity index (χ1n) is 7.76. The maximum atomic E-state index is 12.4. The highest BCUT2D eigenvalue weighted by atomic mass is 35.5. The molecule has 0 aromatic heterocycles. The van der Waals surface area contributed by atoms with Gasteiger partial charge in [-0.1, -0.05) is 35.3 Å².